The fraction of sp³-hybridized carbons (Fsp3) is 0.706. The molecule has 0 rings (SSSR count). The maximum atomic E-state index is 11.6. The van der Waals surface area contributed by atoms with Gasteiger partial charge in [-0.15, -0.1) is 0 Å². The Morgan fingerprint density at radius 3 is 2.17 bits per heavy atom. The summed E-state index contributed by atoms with van der Waals surface area (Å²) in [6.07, 6.45) is 11.8. The third-order valence-electron chi connectivity index (χ3n) is 3.51. The molecule has 0 saturated carbocycles. The first-order chi connectivity index (χ1) is 11.0. The van der Waals surface area contributed by atoms with Gasteiger partial charge in [0.25, 0.3) is 0 Å². The molecule has 1 amide bonds. The van der Waals surface area contributed by atoms with Crippen molar-refractivity contribution in [3.05, 3.63) is 12.2 Å². The summed E-state index contributed by atoms with van der Waals surface area (Å²) in [5.41, 5.74) is 0. The fourth-order valence-corrected chi connectivity index (χ4v) is 2.15. The lowest BCUT2D eigenvalue weighted by Crippen LogP contribution is -2.40. The van der Waals surface area contributed by atoms with Gasteiger partial charge in [-0.25, -0.2) is 4.79 Å². The van der Waals surface area contributed by atoms with Gasteiger partial charge in [0.05, 0.1) is 0 Å². The second-order valence-corrected chi connectivity index (χ2v) is 5.64. The number of hydrogen-bond donors (Lipinski definition) is 3. The van der Waals surface area contributed by atoms with Gasteiger partial charge in [-0.05, 0) is 25.3 Å². The van der Waals surface area contributed by atoms with E-state index in [-0.39, 0.29) is 12.8 Å². The second kappa shape index (κ2) is 13.8. The van der Waals surface area contributed by atoms with Gasteiger partial charge in [0, 0.05) is 6.42 Å². The van der Waals surface area contributed by atoms with E-state index in [1.54, 1.807) is 6.08 Å². The molecule has 0 spiro atoms. The molecule has 0 aromatic carbocycles. The second-order valence-electron chi connectivity index (χ2n) is 5.64. The standard InChI is InChI=1S/C17H29NO5/c1-2-3-4-5-6-7-8-9-10-11-15(19)18-14(17(22)23)12-13-16(20)21/h10-11,14H,2-9,12-13H2,1H3,(H,18,19)(H,20,21)(H,22,23)/t14-/m0/s1. The Balaban J connectivity index is 3.84. The molecule has 0 unspecified atom stereocenters. The first kappa shape index (κ1) is 21.1. The third-order valence-corrected chi connectivity index (χ3v) is 3.51. The molecule has 1 atom stereocenters. The Kier molecular flexibility index (Phi) is 12.7. The number of carboxylic acid groups (broad SMARTS) is 2. The van der Waals surface area contributed by atoms with Crippen molar-refractivity contribution in [1.82, 2.24) is 5.32 Å². The summed E-state index contributed by atoms with van der Waals surface area (Å²) in [7, 11) is 0. The molecule has 6 nitrogen and oxygen atoms in total. The van der Waals surface area contributed by atoms with Crippen molar-refractivity contribution in [3.63, 3.8) is 0 Å². The van der Waals surface area contributed by atoms with Gasteiger partial charge >= 0.3 is 11.9 Å². The summed E-state index contributed by atoms with van der Waals surface area (Å²) < 4.78 is 0. The van der Waals surface area contributed by atoms with Crippen LogP contribution in [0.4, 0.5) is 0 Å². The maximum absolute atomic E-state index is 11.6. The SMILES string of the molecule is CCCCCCCCCC=CC(=O)N[C@@H](CCC(=O)O)C(=O)O. The smallest absolute Gasteiger partial charge is 0.326 e. The van der Waals surface area contributed by atoms with Gasteiger partial charge < -0.3 is 15.5 Å². The molecule has 0 radical (unpaired) electrons. The fourth-order valence-electron chi connectivity index (χ4n) is 2.15. The summed E-state index contributed by atoms with van der Waals surface area (Å²) in [6.45, 7) is 2.19. The van der Waals surface area contributed by atoms with Crippen molar-refractivity contribution >= 4 is 17.8 Å². The Labute approximate surface area is 138 Å². The third kappa shape index (κ3) is 13.5. The lowest BCUT2D eigenvalue weighted by Gasteiger charge is -2.11. The molecular weight excluding hydrogens is 298 g/mol. The summed E-state index contributed by atoms with van der Waals surface area (Å²) >= 11 is 0. The lowest BCUT2D eigenvalue weighted by atomic mass is 10.1. The van der Waals surface area contributed by atoms with E-state index in [9.17, 15) is 14.4 Å². The summed E-state index contributed by atoms with van der Waals surface area (Å²) in [5, 5.41) is 19.8. The van der Waals surface area contributed by atoms with Crippen molar-refractivity contribution in [2.75, 3.05) is 0 Å². The molecule has 6 heteroatoms. The zero-order valence-electron chi connectivity index (χ0n) is 13.9. The Morgan fingerprint density at radius 1 is 1.00 bits per heavy atom. The predicted molar refractivity (Wildman–Crippen MR) is 88.2 cm³/mol. The first-order valence-corrected chi connectivity index (χ1v) is 8.39. The molecule has 0 fully saturated rings. The zero-order chi connectivity index (χ0) is 17.5. The number of carbonyl (C=O) groups excluding carboxylic acids is 1. The van der Waals surface area contributed by atoms with Crippen molar-refractivity contribution in [2.45, 2.75) is 77.2 Å². The highest BCUT2D eigenvalue weighted by molar-refractivity contribution is 5.91. The molecule has 0 bridgehead atoms. The number of carboxylic acids is 2. The van der Waals surface area contributed by atoms with Gasteiger partial charge in [-0.3, -0.25) is 9.59 Å². The van der Waals surface area contributed by atoms with Gasteiger partial charge in [0.2, 0.25) is 5.91 Å². The van der Waals surface area contributed by atoms with Crippen LogP contribution in [0.2, 0.25) is 0 Å². The van der Waals surface area contributed by atoms with Crippen molar-refractivity contribution in [1.29, 1.82) is 0 Å². The Bertz CT molecular complexity index is 392. The zero-order valence-corrected chi connectivity index (χ0v) is 13.9. The van der Waals surface area contributed by atoms with Crippen LogP contribution in [0.15, 0.2) is 12.2 Å². The van der Waals surface area contributed by atoms with E-state index >= 15 is 0 Å². The predicted octanol–water partition coefficient (Wildman–Crippen LogP) is 3.12. The van der Waals surface area contributed by atoms with Crippen molar-refractivity contribution in [2.24, 2.45) is 0 Å². The number of nitrogens with one attached hydrogen (secondary N) is 1. The number of aliphatic carboxylic acids is 2. The minimum Gasteiger partial charge on any atom is -0.481 e. The van der Waals surface area contributed by atoms with E-state index in [4.69, 9.17) is 10.2 Å². The van der Waals surface area contributed by atoms with Crippen molar-refractivity contribution in [3.8, 4) is 0 Å². The van der Waals surface area contributed by atoms with Gasteiger partial charge in [0.15, 0.2) is 0 Å². The molecule has 0 aromatic heterocycles. The molecule has 132 valence electrons. The van der Waals surface area contributed by atoms with E-state index < -0.39 is 23.9 Å². The number of unbranched alkanes of at least 4 members (excludes halogenated alkanes) is 7. The molecule has 0 heterocycles. The van der Waals surface area contributed by atoms with Crippen LogP contribution < -0.4 is 5.32 Å². The molecule has 23 heavy (non-hydrogen) atoms. The van der Waals surface area contributed by atoms with Crippen LogP contribution in [-0.4, -0.2) is 34.1 Å². The number of allylic oxidation sites excluding steroid dienone is 1. The van der Waals surface area contributed by atoms with Gasteiger partial charge in [0.1, 0.15) is 6.04 Å². The monoisotopic (exact) mass is 327 g/mol. The van der Waals surface area contributed by atoms with Crippen LogP contribution in [0.1, 0.15) is 71.1 Å². The van der Waals surface area contributed by atoms with E-state index in [0.29, 0.717) is 0 Å². The van der Waals surface area contributed by atoms with Crippen LogP contribution in [0.25, 0.3) is 0 Å². The van der Waals surface area contributed by atoms with Crippen LogP contribution in [0.3, 0.4) is 0 Å². The van der Waals surface area contributed by atoms with Crippen LogP contribution in [0, 0.1) is 0 Å². The van der Waals surface area contributed by atoms with Gasteiger partial charge in [-0.1, -0.05) is 51.5 Å². The summed E-state index contributed by atoms with van der Waals surface area (Å²) in [4.78, 5) is 33.0. The number of carbonyl (C=O) groups is 3. The van der Waals surface area contributed by atoms with Crippen LogP contribution in [-0.2, 0) is 14.4 Å². The quantitative estimate of drug-likeness (QED) is 0.336. The number of rotatable bonds is 14. The van der Waals surface area contributed by atoms with E-state index in [0.717, 1.165) is 19.3 Å². The average Bonchev–Trinajstić information content (AvgIpc) is 2.49. The molecular formula is C17H29NO5. The summed E-state index contributed by atoms with van der Waals surface area (Å²) in [5.74, 6) is -2.80. The highest BCUT2D eigenvalue weighted by atomic mass is 16.4. The number of hydrogen-bond acceptors (Lipinski definition) is 3. The first-order valence-electron chi connectivity index (χ1n) is 8.39. The molecule has 0 aliphatic heterocycles. The van der Waals surface area contributed by atoms with E-state index in [1.165, 1.54) is 38.2 Å². The molecule has 0 aromatic rings. The highest BCUT2D eigenvalue weighted by Gasteiger charge is 2.19. The summed E-state index contributed by atoms with van der Waals surface area (Å²) in [6, 6.07) is -1.16. The highest BCUT2D eigenvalue weighted by Crippen LogP contribution is 2.08. The maximum Gasteiger partial charge on any atom is 0.326 e. The van der Waals surface area contributed by atoms with Gasteiger partial charge in [-0.2, -0.15) is 0 Å². The molecule has 0 aliphatic carbocycles. The van der Waals surface area contributed by atoms with Crippen LogP contribution in [0.5, 0.6) is 0 Å². The van der Waals surface area contributed by atoms with E-state index in [2.05, 4.69) is 12.2 Å². The largest absolute Gasteiger partial charge is 0.481 e. The lowest BCUT2D eigenvalue weighted by molar-refractivity contribution is -0.142. The van der Waals surface area contributed by atoms with E-state index in [1.807, 2.05) is 0 Å². The topological polar surface area (TPSA) is 104 Å². The average molecular weight is 327 g/mol. The minimum absolute atomic E-state index is 0.123. The molecule has 3 N–H and O–H groups in total. The Hall–Kier alpha value is -1.85. The molecule has 0 aliphatic rings. The Morgan fingerprint density at radius 2 is 1.61 bits per heavy atom. The normalized spacial score (nSPS) is 12.2. The van der Waals surface area contributed by atoms with Crippen LogP contribution >= 0.6 is 0 Å². The minimum atomic E-state index is -1.22. The molecule has 0 saturated heterocycles. The number of amides is 1. The van der Waals surface area contributed by atoms with Crippen molar-refractivity contribution < 1.29 is 24.6 Å².